The molecule has 0 amide bonds. The molecule has 0 aromatic heterocycles. The SMILES string of the molecule is CC(C)(C)OC(=O)c1ccccc1Nc1cc(Cl)c(OCc2ccccc2)c(Cl)c1. The molecule has 0 fully saturated rings. The minimum absolute atomic E-state index is 0.356. The summed E-state index contributed by atoms with van der Waals surface area (Å²) < 4.78 is 11.3. The van der Waals surface area contributed by atoms with Gasteiger partial charge in [-0.3, -0.25) is 0 Å². The van der Waals surface area contributed by atoms with Crippen molar-refractivity contribution >= 4 is 40.5 Å². The van der Waals surface area contributed by atoms with Crippen LogP contribution in [0.4, 0.5) is 11.4 Å². The zero-order valence-corrected chi connectivity index (χ0v) is 18.6. The molecule has 1 N–H and O–H groups in total. The van der Waals surface area contributed by atoms with Gasteiger partial charge in [-0.05, 0) is 50.6 Å². The van der Waals surface area contributed by atoms with Crippen LogP contribution in [0.15, 0.2) is 66.7 Å². The standard InChI is InChI=1S/C24H23Cl2NO3/c1-24(2,3)30-23(28)18-11-7-8-12-21(18)27-17-13-19(25)22(20(26)14-17)29-15-16-9-5-4-6-10-16/h4-14,27H,15H2,1-3H3. The van der Waals surface area contributed by atoms with Crippen molar-refractivity contribution in [2.24, 2.45) is 0 Å². The summed E-state index contributed by atoms with van der Waals surface area (Å²) in [5.41, 5.74) is 2.07. The first-order valence-corrected chi connectivity index (χ1v) is 10.2. The molecule has 0 unspecified atom stereocenters. The van der Waals surface area contributed by atoms with Crippen LogP contribution in [0.2, 0.25) is 10.0 Å². The zero-order valence-electron chi connectivity index (χ0n) is 17.0. The average molecular weight is 444 g/mol. The van der Waals surface area contributed by atoms with Crippen molar-refractivity contribution in [2.75, 3.05) is 5.32 Å². The van der Waals surface area contributed by atoms with Crippen LogP contribution in [0, 0.1) is 0 Å². The van der Waals surface area contributed by atoms with Gasteiger partial charge < -0.3 is 14.8 Å². The fourth-order valence-electron chi connectivity index (χ4n) is 2.76. The lowest BCUT2D eigenvalue weighted by Gasteiger charge is -2.21. The number of anilines is 2. The molecule has 0 aliphatic rings. The maximum atomic E-state index is 12.5. The summed E-state index contributed by atoms with van der Waals surface area (Å²) in [6.07, 6.45) is 0. The number of benzene rings is 3. The van der Waals surface area contributed by atoms with E-state index in [1.165, 1.54) is 0 Å². The van der Waals surface area contributed by atoms with Crippen LogP contribution in [0.1, 0.15) is 36.7 Å². The molecule has 6 heteroatoms. The van der Waals surface area contributed by atoms with E-state index in [4.69, 9.17) is 32.7 Å². The van der Waals surface area contributed by atoms with Crippen molar-refractivity contribution in [3.63, 3.8) is 0 Å². The van der Waals surface area contributed by atoms with Gasteiger partial charge in [0.25, 0.3) is 0 Å². The molecule has 3 aromatic carbocycles. The zero-order chi connectivity index (χ0) is 21.7. The maximum absolute atomic E-state index is 12.5. The van der Waals surface area contributed by atoms with Gasteiger partial charge >= 0.3 is 5.97 Å². The molecule has 156 valence electrons. The molecule has 4 nitrogen and oxygen atoms in total. The predicted octanol–water partition coefficient (Wildman–Crippen LogP) is 7.27. The van der Waals surface area contributed by atoms with Gasteiger partial charge in [0.2, 0.25) is 0 Å². The van der Waals surface area contributed by atoms with Gasteiger partial charge in [0, 0.05) is 5.69 Å². The van der Waals surface area contributed by atoms with Crippen LogP contribution in [0.3, 0.4) is 0 Å². The van der Waals surface area contributed by atoms with Gasteiger partial charge in [0.05, 0.1) is 21.3 Å². The maximum Gasteiger partial charge on any atom is 0.340 e. The smallest absolute Gasteiger partial charge is 0.340 e. The van der Waals surface area contributed by atoms with Crippen LogP contribution in [-0.4, -0.2) is 11.6 Å². The third-order valence-electron chi connectivity index (χ3n) is 4.05. The topological polar surface area (TPSA) is 47.6 Å². The summed E-state index contributed by atoms with van der Waals surface area (Å²) in [4.78, 5) is 12.5. The van der Waals surface area contributed by atoms with Crippen LogP contribution in [0.25, 0.3) is 0 Å². The van der Waals surface area contributed by atoms with Crippen LogP contribution in [-0.2, 0) is 11.3 Å². The summed E-state index contributed by atoms with van der Waals surface area (Å²) in [6, 6.07) is 20.3. The number of carbonyl (C=O) groups excluding carboxylic acids is 1. The van der Waals surface area contributed by atoms with E-state index in [0.717, 1.165) is 5.56 Å². The number of esters is 1. The molecule has 0 aliphatic carbocycles. The lowest BCUT2D eigenvalue weighted by molar-refractivity contribution is 0.00707. The average Bonchev–Trinajstić information content (AvgIpc) is 2.67. The fraction of sp³-hybridized carbons (Fsp3) is 0.208. The molecular formula is C24H23Cl2NO3. The predicted molar refractivity (Wildman–Crippen MR) is 122 cm³/mol. The van der Waals surface area contributed by atoms with Crippen LogP contribution >= 0.6 is 23.2 Å². The molecule has 0 heterocycles. The summed E-state index contributed by atoms with van der Waals surface area (Å²) in [7, 11) is 0. The van der Waals surface area contributed by atoms with Gasteiger partial charge in [0.1, 0.15) is 12.2 Å². The highest BCUT2D eigenvalue weighted by Crippen LogP contribution is 2.37. The Balaban J connectivity index is 1.79. The number of para-hydroxylation sites is 1. The summed E-state index contributed by atoms with van der Waals surface area (Å²) in [6.45, 7) is 5.84. The van der Waals surface area contributed by atoms with Crippen molar-refractivity contribution in [1.82, 2.24) is 0 Å². The normalized spacial score (nSPS) is 11.1. The van der Waals surface area contributed by atoms with Gasteiger partial charge in [0.15, 0.2) is 5.75 Å². The largest absolute Gasteiger partial charge is 0.486 e. The molecule has 0 radical (unpaired) electrons. The Morgan fingerprint density at radius 2 is 1.53 bits per heavy atom. The first kappa shape index (κ1) is 22.0. The summed E-state index contributed by atoms with van der Waals surface area (Å²) >= 11 is 12.8. The second kappa shape index (κ2) is 9.41. The molecule has 0 bridgehead atoms. The minimum atomic E-state index is -0.589. The Bertz CT molecular complexity index is 1010. The number of carbonyl (C=O) groups is 1. The number of nitrogens with one attached hydrogen (secondary N) is 1. The second-order valence-corrected chi connectivity index (χ2v) is 8.53. The van der Waals surface area contributed by atoms with E-state index in [2.05, 4.69) is 5.32 Å². The fourth-order valence-corrected chi connectivity index (χ4v) is 3.35. The third kappa shape index (κ3) is 5.91. The summed E-state index contributed by atoms with van der Waals surface area (Å²) in [5.74, 6) is -0.00114. The molecule has 30 heavy (non-hydrogen) atoms. The number of hydrogen-bond donors (Lipinski definition) is 1. The van der Waals surface area contributed by atoms with Crippen LogP contribution < -0.4 is 10.1 Å². The lowest BCUT2D eigenvalue weighted by Crippen LogP contribution is -2.24. The second-order valence-electron chi connectivity index (χ2n) is 7.72. The quantitative estimate of drug-likeness (QED) is 0.406. The van der Waals surface area contributed by atoms with Crippen LogP contribution in [0.5, 0.6) is 5.75 Å². The Morgan fingerprint density at radius 1 is 0.933 bits per heavy atom. The highest BCUT2D eigenvalue weighted by molar-refractivity contribution is 6.37. The molecule has 0 atom stereocenters. The molecule has 3 aromatic rings. The van der Waals surface area contributed by atoms with Gasteiger partial charge in [-0.25, -0.2) is 4.79 Å². The number of rotatable bonds is 6. The van der Waals surface area contributed by atoms with Crippen molar-refractivity contribution in [3.8, 4) is 5.75 Å². The Morgan fingerprint density at radius 3 is 2.17 bits per heavy atom. The van der Waals surface area contributed by atoms with E-state index in [0.29, 0.717) is 39.3 Å². The Hall–Kier alpha value is -2.69. The van der Waals surface area contributed by atoms with E-state index >= 15 is 0 Å². The number of ether oxygens (including phenoxy) is 2. The summed E-state index contributed by atoms with van der Waals surface area (Å²) in [5, 5.41) is 3.94. The van der Waals surface area contributed by atoms with Gasteiger partial charge in [-0.2, -0.15) is 0 Å². The van der Waals surface area contributed by atoms with Gasteiger partial charge in [-0.1, -0.05) is 65.7 Å². The van der Waals surface area contributed by atoms with Crippen molar-refractivity contribution in [2.45, 2.75) is 33.0 Å². The third-order valence-corrected chi connectivity index (χ3v) is 4.61. The molecule has 0 saturated heterocycles. The monoisotopic (exact) mass is 443 g/mol. The van der Waals surface area contributed by atoms with E-state index < -0.39 is 11.6 Å². The molecule has 0 spiro atoms. The number of halogens is 2. The first-order chi connectivity index (χ1) is 14.2. The van der Waals surface area contributed by atoms with E-state index in [1.54, 1.807) is 30.3 Å². The Kier molecular flexibility index (Phi) is 6.91. The molecule has 0 saturated carbocycles. The number of hydrogen-bond acceptors (Lipinski definition) is 4. The van der Waals surface area contributed by atoms with E-state index in [-0.39, 0.29) is 0 Å². The molecule has 0 aliphatic heterocycles. The lowest BCUT2D eigenvalue weighted by atomic mass is 10.1. The van der Waals surface area contributed by atoms with E-state index in [9.17, 15) is 4.79 Å². The minimum Gasteiger partial charge on any atom is -0.486 e. The molecular weight excluding hydrogens is 421 g/mol. The van der Waals surface area contributed by atoms with Crippen molar-refractivity contribution < 1.29 is 14.3 Å². The van der Waals surface area contributed by atoms with Crippen molar-refractivity contribution in [3.05, 3.63) is 87.9 Å². The van der Waals surface area contributed by atoms with E-state index in [1.807, 2.05) is 57.2 Å². The highest BCUT2D eigenvalue weighted by atomic mass is 35.5. The van der Waals surface area contributed by atoms with Gasteiger partial charge in [-0.15, -0.1) is 0 Å². The Labute approximate surface area is 186 Å². The highest BCUT2D eigenvalue weighted by Gasteiger charge is 2.20. The molecule has 3 rings (SSSR count). The first-order valence-electron chi connectivity index (χ1n) is 9.48. The van der Waals surface area contributed by atoms with Crippen molar-refractivity contribution in [1.29, 1.82) is 0 Å².